The Bertz CT molecular complexity index is 1940. The Hall–Kier alpha value is -4.68. The molecule has 1 heterocycles. The van der Waals surface area contributed by atoms with Crippen molar-refractivity contribution >= 4 is 21.8 Å². The molecule has 0 spiro atoms. The van der Waals surface area contributed by atoms with E-state index >= 15 is 0 Å². The van der Waals surface area contributed by atoms with E-state index in [1.807, 2.05) is 6.07 Å². The van der Waals surface area contributed by atoms with E-state index in [0.29, 0.717) is 17.4 Å². The lowest BCUT2D eigenvalue weighted by molar-refractivity contribution is -0.633. The Morgan fingerprint density at radius 2 is 1.29 bits per heavy atom. The van der Waals surface area contributed by atoms with E-state index < -0.39 is 0 Å². The molecule has 6 aromatic rings. The van der Waals surface area contributed by atoms with Crippen LogP contribution in [-0.2, 0) is 7.05 Å². The van der Waals surface area contributed by atoms with Crippen LogP contribution in [0.2, 0.25) is 0 Å². The second-order valence-corrected chi connectivity index (χ2v) is 11.6. The summed E-state index contributed by atoms with van der Waals surface area (Å²) in [5.41, 5.74) is 11.6. The first kappa shape index (κ1) is 26.5. The molecule has 0 atom stereocenters. The molecule has 6 rings (SSSR count). The molecule has 0 saturated heterocycles. The highest BCUT2D eigenvalue weighted by atomic mass is 15.2. The summed E-state index contributed by atoms with van der Waals surface area (Å²) in [6.45, 7) is 11.3. The number of hydrogen-bond acceptors (Lipinski definition) is 1. The molecule has 0 aliphatic heterocycles. The first-order valence-corrected chi connectivity index (χ1v) is 14.5. The molecule has 0 aliphatic carbocycles. The molecule has 5 aromatic carbocycles. The first-order valence-electron chi connectivity index (χ1n) is 14.5. The van der Waals surface area contributed by atoms with Crippen molar-refractivity contribution in [3.05, 3.63) is 119 Å². The van der Waals surface area contributed by atoms with Crippen LogP contribution in [0.3, 0.4) is 0 Å². The van der Waals surface area contributed by atoms with E-state index in [9.17, 15) is 5.26 Å². The monoisotopic (exact) mass is 534 g/mol. The van der Waals surface area contributed by atoms with Gasteiger partial charge in [-0.15, -0.1) is 0 Å². The molecule has 0 N–H and O–H groups in total. The zero-order valence-corrected chi connectivity index (χ0v) is 24.7. The number of benzene rings is 5. The van der Waals surface area contributed by atoms with E-state index in [4.69, 9.17) is 0 Å². The zero-order chi connectivity index (χ0) is 28.8. The van der Waals surface area contributed by atoms with Gasteiger partial charge in [0.15, 0.2) is 11.0 Å². The third kappa shape index (κ3) is 4.32. The van der Waals surface area contributed by atoms with Crippen molar-refractivity contribution < 1.29 is 4.57 Å². The lowest BCUT2D eigenvalue weighted by Gasteiger charge is -2.21. The summed E-state index contributed by atoms with van der Waals surface area (Å²) in [7, 11) is 2.15. The number of nitrogens with zero attached hydrogens (tertiary/aromatic N) is 3. The lowest BCUT2D eigenvalue weighted by atomic mass is 9.88. The number of aromatic nitrogens is 2. The Kier molecular flexibility index (Phi) is 6.72. The van der Waals surface area contributed by atoms with Crippen molar-refractivity contribution in [1.82, 2.24) is 4.57 Å². The average molecular weight is 535 g/mol. The van der Waals surface area contributed by atoms with Gasteiger partial charge in [-0.25, -0.2) is 4.57 Å². The quantitative estimate of drug-likeness (QED) is 0.203. The van der Waals surface area contributed by atoms with Gasteiger partial charge < -0.3 is 0 Å². The highest BCUT2D eigenvalue weighted by Crippen LogP contribution is 2.41. The van der Waals surface area contributed by atoms with Crippen LogP contribution in [-0.4, -0.2) is 4.57 Å². The van der Waals surface area contributed by atoms with Gasteiger partial charge in [-0.2, -0.15) is 9.83 Å². The minimum atomic E-state index is 0.304. The zero-order valence-electron chi connectivity index (χ0n) is 24.7. The molecular formula is C38H36N3+. The van der Waals surface area contributed by atoms with E-state index in [2.05, 4.69) is 148 Å². The maximum absolute atomic E-state index is 10.2. The smallest absolute Gasteiger partial charge is 0.225 e. The summed E-state index contributed by atoms with van der Waals surface area (Å²) in [6, 6.07) is 36.9. The van der Waals surface area contributed by atoms with Gasteiger partial charge in [-0.3, -0.25) is 0 Å². The van der Waals surface area contributed by atoms with Gasteiger partial charge in [-0.05, 0) is 76.6 Å². The molecular weight excluding hydrogens is 498 g/mol. The molecule has 0 aliphatic rings. The Balaban J connectivity index is 1.79. The van der Waals surface area contributed by atoms with Crippen molar-refractivity contribution in [3.63, 3.8) is 0 Å². The molecule has 0 fully saturated rings. The fourth-order valence-electron chi connectivity index (χ4n) is 6.30. The fourth-order valence-corrected chi connectivity index (χ4v) is 6.30. The average Bonchev–Trinajstić information content (AvgIpc) is 3.28. The van der Waals surface area contributed by atoms with Crippen LogP contribution in [0.1, 0.15) is 61.8 Å². The molecule has 0 radical (unpaired) electrons. The fraction of sp³-hybridized carbons (Fsp3) is 0.211. The van der Waals surface area contributed by atoms with Crippen molar-refractivity contribution in [2.24, 2.45) is 7.05 Å². The van der Waals surface area contributed by atoms with Gasteiger partial charge in [0.2, 0.25) is 0 Å². The Morgan fingerprint density at radius 3 is 1.93 bits per heavy atom. The topological polar surface area (TPSA) is 32.6 Å². The molecule has 41 heavy (non-hydrogen) atoms. The third-order valence-corrected chi connectivity index (χ3v) is 8.43. The number of fused-ring (bicyclic) bond motifs is 2. The van der Waals surface area contributed by atoms with E-state index in [0.717, 1.165) is 33.2 Å². The van der Waals surface area contributed by atoms with Crippen molar-refractivity contribution in [3.8, 4) is 34.3 Å². The van der Waals surface area contributed by atoms with E-state index in [1.54, 1.807) is 0 Å². The van der Waals surface area contributed by atoms with Crippen LogP contribution < -0.4 is 4.57 Å². The van der Waals surface area contributed by atoms with Gasteiger partial charge in [0, 0.05) is 11.1 Å². The van der Waals surface area contributed by atoms with Gasteiger partial charge in [0.25, 0.3) is 5.82 Å². The summed E-state index contributed by atoms with van der Waals surface area (Å²) in [5.74, 6) is 1.69. The maximum atomic E-state index is 10.2. The van der Waals surface area contributed by atoms with Crippen LogP contribution in [0.4, 0.5) is 0 Å². The van der Waals surface area contributed by atoms with Crippen molar-refractivity contribution in [1.29, 1.82) is 5.26 Å². The minimum Gasteiger partial charge on any atom is -0.225 e. The SMILES string of the molecule is Cc1c(-c2n(-c3c(C(C)C)cc(-c4ccccc4)cc3C(C)C)c3ccccc3[n+]2C)cc(C#N)c2ccccc12. The van der Waals surface area contributed by atoms with Crippen LogP contribution >= 0.6 is 0 Å². The first-order chi connectivity index (χ1) is 19.8. The molecule has 0 amide bonds. The van der Waals surface area contributed by atoms with Crippen LogP contribution in [0, 0.1) is 18.3 Å². The number of nitriles is 1. The molecule has 0 bridgehead atoms. The molecule has 202 valence electrons. The number of hydrogen-bond donors (Lipinski definition) is 0. The summed E-state index contributed by atoms with van der Waals surface area (Å²) in [4.78, 5) is 0. The number of imidazole rings is 1. The summed E-state index contributed by atoms with van der Waals surface area (Å²) in [6.07, 6.45) is 0. The van der Waals surface area contributed by atoms with E-state index in [-0.39, 0.29) is 0 Å². The van der Waals surface area contributed by atoms with Gasteiger partial charge >= 0.3 is 0 Å². The molecule has 0 unspecified atom stereocenters. The van der Waals surface area contributed by atoms with Crippen molar-refractivity contribution in [2.75, 3.05) is 0 Å². The minimum absolute atomic E-state index is 0.304. The lowest BCUT2D eigenvalue weighted by Crippen LogP contribution is -2.30. The highest BCUT2D eigenvalue weighted by molar-refractivity contribution is 5.96. The second-order valence-electron chi connectivity index (χ2n) is 11.6. The van der Waals surface area contributed by atoms with Gasteiger partial charge in [0.05, 0.1) is 24.2 Å². The summed E-state index contributed by atoms with van der Waals surface area (Å²) in [5, 5.41) is 12.3. The van der Waals surface area contributed by atoms with E-state index in [1.165, 1.54) is 33.5 Å². The standard InChI is InChI=1S/C38H36N3/c1-24(2)32-20-28(27-14-8-7-9-15-27)21-33(25(3)4)37(32)41-36-19-13-12-18-35(36)40(6)38(41)34-22-29(23-39)31-17-11-10-16-30(31)26(34)5/h7-22,24-25H,1-6H3/q+1. The third-order valence-electron chi connectivity index (χ3n) is 8.43. The molecule has 3 nitrogen and oxygen atoms in total. The number of aryl methyl sites for hydroxylation is 2. The highest BCUT2D eigenvalue weighted by Gasteiger charge is 2.32. The second kappa shape index (κ2) is 10.4. The maximum Gasteiger partial charge on any atom is 0.295 e. The van der Waals surface area contributed by atoms with Crippen molar-refractivity contribution in [2.45, 2.75) is 46.5 Å². The number of para-hydroxylation sites is 2. The van der Waals surface area contributed by atoms with Crippen LogP contribution in [0.25, 0.3) is 50.0 Å². The molecule has 3 heteroatoms. The Morgan fingerprint density at radius 1 is 0.707 bits per heavy atom. The summed E-state index contributed by atoms with van der Waals surface area (Å²) >= 11 is 0. The summed E-state index contributed by atoms with van der Waals surface area (Å²) < 4.78 is 4.76. The predicted octanol–water partition coefficient (Wildman–Crippen LogP) is 9.37. The van der Waals surface area contributed by atoms with Crippen LogP contribution in [0.15, 0.2) is 97.1 Å². The van der Waals surface area contributed by atoms with Gasteiger partial charge in [-0.1, -0.05) is 94.4 Å². The van der Waals surface area contributed by atoms with Gasteiger partial charge in [0.1, 0.15) is 5.69 Å². The number of rotatable bonds is 5. The Labute approximate surface area is 242 Å². The largest absolute Gasteiger partial charge is 0.295 e. The molecule has 0 saturated carbocycles. The molecule has 1 aromatic heterocycles. The predicted molar refractivity (Wildman–Crippen MR) is 170 cm³/mol. The van der Waals surface area contributed by atoms with Crippen LogP contribution in [0.5, 0.6) is 0 Å². The normalized spacial score (nSPS) is 11.6.